The zero-order chi connectivity index (χ0) is 20.3. The zero-order valence-corrected chi connectivity index (χ0v) is 16.6. The molecule has 2 aliphatic rings. The fourth-order valence-corrected chi connectivity index (χ4v) is 4.99. The maximum absolute atomic E-state index is 12.8. The van der Waals surface area contributed by atoms with Crippen LogP contribution in [0.5, 0.6) is 0 Å². The molecule has 2 aromatic rings. The second-order valence-corrected chi connectivity index (χ2v) is 8.40. The van der Waals surface area contributed by atoms with Gasteiger partial charge in [-0.15, -0.1) is 0 Å². The molecule has 0 radical (unpaired) electrons. The third-order valence-corrected chi connectivity index (χ3v) is 6.41. The summed E-state index contributed by atoms with van der Waals surface area (Å²) in [6.45, 7) is 3.62. The van der Waals surface area contributed by atoms with Gasteiger partial charge >= 0.3 is 5.97 Å². The van der Waals surface area contributed by atoms with Gasteiger partial charge in [0.25, 0.3) is 0 Å². The maximum atomic E-state index is 12.8. The average Bonchev–Trinajstić information content (AvgIpc) is 3.40. The van der Waals surface area contributed by atoms with E-state index < -0.39 is 5.97 Å². The summed E-state index contributed by atoms with van der Waals surface area (Å²) in [7, 11) is 0. The number of carboxylic acids is 1. The van der Waals surface area contributed by atoms with Crippen LogP contribution < -0.4 is 0 Å². The second kappa shape index (κ2) is 8.37. The van der Waals surface area contributed by atoms with Gasteiger partial charge in [0.1, 0.15) is 0 Å². The fraction of sp³-hybridized carbons (Fsp3) is 0.500. The molecule has 2 aliphatic heterocycles. The number of nitrogens with zero attached hydrogens (tertiary/aromatic N) is 4. The number of carbonyl (C=O) groups excluding carboxylic acids is 1. The Labute approximate surface area is 170 Å². The molecule has 4 rings (SSSR count). The fourth-order valence-electron chi connectivity index (χ4n) is 4.99. The normalized spacial score (nSPS) is 24.0. The van der Waals surface area contributed by atoms with Crippen molar-refractivity contribution in [3.05, 3.63) is 54.4 Å². The lowest BCUT2D eigenvalue weighted by atomic mass is 9.76. The van der Waals surface area contributed by atoms with Crippen LogP contribution in [0.15, 0.2) is 48.8 Å². The van der Waals surface area contributed by atoms with Crippen LogP contribution >= 0.6 is 0 Å². The molecule has 29 heavy (non-hydrogen) atoms. The number of hydrogen-bond acceptors (Lipinski definition) is 4. The van der Waals surface area contributed by atoms with E-state index in [0.29, 0.717) is 18.9 Å². The molecule has 154 valence electrons. The lowest BCUT2D eigenvalue weighted by Gasteiger charge is -2.29. The molecule has 2 fully saturated rings. The highest BCUT2D eigenvalue weighted by Gasteiger charge is 2.52. The first-order valence-electron chi connectivity index (χ1n) is 10.3. The van der Waals surface area contributed by atoms with E-state index in [1.165, 1.54) is 5.56 Å². The number of carboxylic acid groups (broad SMARTS) is 1. The third kappa shape index (κ3) is 4.50. The van der Waals surface area contributed by atoms with Gasteiger partial charge in [-0.1, -0.05) is 30.3 Å². The summed E-state index contributed by atoms with van der Waals surface area (Å²) in [6.07, 6.45) is 5.97. The number of likely N-dealkylation sites (tertiary alicyclic amines) is 2. The smallest absolute Gasteiger partial charge is 0.317 e. The van der Waals surface area contributed by atoms with Gasteiger partial charge < -0.3 is 10.0 Å². The van der Waals surface area contributed by atoms with Gasteiger partial charge in [0, 0.05) is 57.0 Å². The van der Waals surface area contributed by atoms with Crippen LogP contribution in [0.4, 0.5) is 0 Å². The van der Waals surface area contributed by atoms with Crippen LogP contribution in [-0.4, -0.2) is 69.3 Å². The van der Waals surface area contributed by atoms with E-state index in [-0.39, 0.29) is 17.9 Å². The lowest BCUT2D eigenvalue weighted by molar-refractivity contribution is -0.138. The summed E-state index contributed by atoms with van der Waals surface area (Å²) in [5.41, 5.74) is 1.27. The van der Waals surface area contributed by atoms with Gasteiger partial charge in [0.2, 0.25) is 5.91 Å². The van der Waals surface area contributed by atoms with E-state index in [9.17, 15) is 14.7 Å². The SMILES string of the molecule is O=C(O)CN1CC2CN(C(=O)CCn3cccn3)CC2(CCc2ccccc2)C1. The quantitative estimate of drug-likeness (QED) is 0.736. The monoisotopic (exact) mass is 396 g/mol. The largest absolute Gasteiger partial charge is 0.480 e. The topological polar surface area (TPSA) is 78.7 Å². The summed E-state index contributed by atoms with van der Waals surface area (Å²) >= 11 is 0. The zero-order valence-electron chi connectivity index (χ0n) is 16.6. The molecule has 7 nitrogen and oxygen atoms in total. The van der Waals surface area contributed by atoms with Gasteiger partial charge in [-0.05, 0) is 30.4 Å². The minimum absolute atomic E-state index is 0.0212. The molecule has 2 unspecified atom stereocenters. The Morgan fingerprint density at radius 3 is 2.69 bits per heavy atom. The predicted molar refractivity (Wildman–Crippen MR) is 108 cm³/mol. The summed E-state index contributed by atoms with van der Waals surface area (Å²) < 4.78 is 1.79. The van der Waals surface area contributed by atoms with Crippen molar-refractivity contribution in [2.75, 3.05) is 32.7 Å². The number of carbonyl (C=O) groups is 2. The summed E-state index contributed by atoms with van der Waals surface area (Å²) in [4.78, 5) is 28.1. The lowest BCUT2D eigenvalue weighted by Crippen LogP contribution is -2.38. The number of rotatable bonds is 8. The minimum atomic E-state index is -0.782. The van der Waals surface area contributed by atoms with Gasteiger partial charge in [-0.2, -0.15) is 5.10 Å². The van der Waals surface area contributed by atoms with Crippen molar-refractivity contribution in [1.82, 2.24) is 19.6 Å². The van der Waals surface area contributed by atoms with Crippen LogP contribution in [0, 0.1) is 11.3 Å². The number of fused-ring (bicyclic) bond motifs is 1. The Morgan fingerprint density at radius 2 is 1.97 bits per heavy atom. The molecule has 0 bridgehead atoms. The second-order valence-electron chi connectivity index (χ2n) is 8.40. The number of aromatic nitrogens is 2. The van der Waals surface area contributed by atoms with E-state index in [4.69, 9.17) is 0 Å². The highest BCUT2D eigenvalue weighted by molar-refractivity contribution is 5.76. The van der Waals surface area contributed by atoms with Crippen molar-refractivity contribution in [3.8, 4) is 0 Å². The highest BCUT2D eigenvalue weighted by atomic mass is 16.4. The average molecular weight is 396 g/mol. The Morgan fingerprint density at radius 1 is 1.14 bits per heavy atom. The van der Waals surface area contributed by atoms with Gasteiger partial charge in [0.05, 0.1) is 6.54 Å². The molecule has 2 saturated heterocycles. The summed E-state index contributed by atoms with van der Waals surface area (Å²) in [6, 6.07) is 12.3. The number of hydrogen-bond donors (Lipinski definition) is 1. The molecule has 0 aliphatic carbocycles. The van der Waals surface area contributed by atoms with Crippen molar-refractivity contribution in [2.45, 2.75) is 25.8 Å². The van der Waals surface area contributed by atoms with Crippen LogP contribution in [0.3, 0.4) is 0 Å². The molecule has 7 heteroatoms. The number of amides is 1. The molecule has 0 spiro atoms. The maximum Gasteiger partial charge on any atom is 0.317 e. The first kappa shape index (κ1) is 19.6. The van der Waals surface area contributed by atoms with Crippen molar-refractivity contribution in [2.24, 2.45) is 11.3 Å². The van der Waals surface area contributed by atoms with E-state index in [0.717, 1.165) is 39.0 Å². The number of aliphatic carboxylic acids is 1. The first-order chi connectivity index (χ1) is 14.0. The summed E-state index contributed by atoms with van der Waals surface area (Å²) in [5.74, 6) is -0.284. The van der Waals surface area contributed by atoms with E-state index >= 15 is 0 Å². The van der Waals surface area contributed by atoms with Gasteiger partial charge in [-0.25, -0.2) is 0 Å². The molecule has 3 heterocycles. The summed E-state index contributed by atoms with van der Waals surface area (Å²) in [5, 5.41) is 13.4. The van der Waals surface area contributed by atoms with Gasteiger partial charge in [0.15, 0.2) is 0 Å². The minimum Gasteiger partial charge on any atom is -0.480 e. The van der Waals surface area contributed by atoms with Crippen LogP contribution in [0.1, 0.15) is 18.4 Å². The highest BCUT2D eigenvalue weighted by Crippen LogP contribution is 2.45. The molecule has 1 N–H and O–H groups in total. The Balaban J connectivity index is 1.42. The van der Waals surface area contributed by atoms with E-state index in [1.807, 2.05) is 28.1 Å². The number of benzene rings is 1. The molecular formula is C22H28N4O3. The molecule has 0 saturated carbocycles. The number of aryl methyl sites for hydroxylation is 2. The first-order valence-corrected chi connectivity index (χ1v) is 10.3. The molecule has 1 aromatic carbocycles. The van der Waals surface area contributed by atoms with Crippen LogP contribution in [-0.2, 0) is 22.6 Å². The van der Waals surface area contributed by atoms with Crippen molar-refractivity contribution >= 4 is 11.9 Å². The van der Waals surface area contributed by atoms with E-state index in [2.05, 4.69) is 29.4 Å². The molecule has 1 amide bonds. The van der Waals surface area contributed by atoms with Crippen molar-refractivity contribution < 1.29 is 14.7 Å². The predicted octanol–water partition coefficient (Wildman–Crippen LogP) is 1.75. The third-order valence-electron chi connectivity index (χ3n) is 6.41. The Bertz CT molecular complexity index is 839. The molecular weight excluding hydrogens is 368 g/mol. The van der Waals surface area contributed by atoms with Crippen LogP contribution in [0.25, 0.3) is 0 Å². The van der Waals surface area contributed by atoms with Gasteiger partial charge in [-0.3, -0.25) is 19.2 Å². The molecule has 1 aromatic heterocycles. The van der Waals surface area contributed by atoms with Crippen LogP contribution in [0.2, 0.25) is 0 Å². The molecule has 2 atom stereocenters. The van der Waals surface area contributed by atoms with Crippen molar-refractivity contribution in [3.63, 3.8) is 0 Å². The Hall–Kier alpha value is -2.67. The van der Waals surface area contributed by atoms with E-state index in [1.54, 1.807) is 10.9 Å². The standard InChI is InChI=1S/C22H28N4O3/c27-20(8-12-26-11-4-10-23-26)25-14-19-13-24(15-21(28)29)16-22(19,17-25)9-7-18-5-2-1-3-6-18/h1-6,10-11,19H,7-9,12-17H2,(H,28,29). The Kier molecular flexibility index (Phi) is 5.67. The van der Waals surface area contributed by atoms with Crippen molar-refractivity contribution in [1.29, 1.82) is 0 Å².